The number of aromatic nitrogens is 5. The maximum absolute atomic E-state index is 12.8. The first-order valence-corrected chi connectivity index (χ1v) is 8.60. The summed E-state index contributed by atoms with van der Waals surface area (Å²) in [6.07, 6.45) is 4.25. The first-order chi connectivity index (χ1) is 12.7. The number of anilines is 1. The predicted octanol–water partition coefficient (Wildman–Crippen LogP) is 0.423. The second-order valence-electron chi connectivity index (χ2n) is 6.30. The highest BCUT2D eigenvalue weighted by molar-refractivity contribution is 6.05. The van der Waals surface area contributed by atoms with Crippen molar-refractivity contribution in [1.29, 1.82) is 0 Å². The average Bonchev–Trinajstić information content (AvgIpc) is 3.38. The van der Waals surface area contributed by atoms with Gasteiger partial charge in [0.15, 0.2) is 17.3 Å². The molecule has 0 radical (unpaired) electrons. The Kier molecular flexibility index (Phi) is 4.25. The van der Waals surface area contributed by atoms with E-state index in [0.29, 0.717) is 47.1 Å². The SMILES string of the molecule is CCn1c(-c2nonc2N)nc2cncc(C(=O)NC[C@@H]3CCNC3)c21. The molecule has 3 aromatic rings. The lowest BCUT2D eigenvalue weighted by Crippen LogP contribution is -2.30. The van der Waals surface area contributed by atoms with Crippen LogP contribution in [0.15, 0.2) is 17.0 Å². The molecule has 10 heteroatoms. The van der Waals surface area contributed by atoms with Gasteiger partial charge in [-0.05, 0) is 42.7 Å². The highest BCUT2D eigenvalue weighted by Gasteiger charge is 2.23. The van der Waals surface area contributed by atoms with Crippen molar-refractivity contribution in [3.63, 3.8) is 0 Å². The monoisotopic (exact) mass is 356 g/mol. The Hall–Kier alpha value is -3.01. The fourth-order valence-electron chi connectivity index (χ4n) is 3.31. The number of rotatable bonds is 5. The van der Waals surface area contributed by atoms with Crippen molar-refractivity contribution in [3.05, 3.63) is 18.0 Å². The third-order valence-corrected chi connectivity index (χ3v) is 4.65. The highest BCUT2D eigenvalue weighted by Crippen LogP contribution is 2.28. The summed E-state index contributed by atoms with van der Waals surface area (Å²) in [4.78, 5) is 21.5. The number of nitrogen functional groups attached to an aromatic ring is 1. The van der Waals surface area contributed by atoms with Crippen molar-refractivity contribution in [3.8, 4) is 11.5 Å². The van der Waals surface area contributed by atoms with Crippen molar-refractivity contribution < 1.29 is 9.42 Å². The van der Waals surface area contributed by atoms with Gasteiger partial charge in [0.1, 0.15) is 5.52 Å². The number of hydrogen-bond donors (Lipinski definition) is 3. The minimum atomic E-state index is -0.164. The third-order valence-electron chi connectivity index (χ3n) is 4.65. The van der Waals surface area contributed by atoms with Crippen LogP contribution in [0.5, 0.6) is 0 Å². The van der Waals surface area contributed by atoms with E-state index in [1.54, 1.807) is 12.4 Å². The summed E-state index contributed by atoms with van der Waals surface area (Å²) in [5.41, 5.74) is 7.93. The van der Waals surface area contributed by atoms with E-state index in [9.17, 15) is 4.79 Å². The van der Waals surface area contributed by atoms with Crippen LogP contribution in [0.4, 0.5) is 5.82 Å². The summed E-state index contributed by atoms with van der Waals surface area (Å²) in [5, 5.41) is 13.7. The van der Waals surface area contributed by atoms with Crippen LogP contribution in [0.3, 0.4) is 0 Å². The maximum Gasteiger partial charge on any atom is 0.255 e. The van der Waals surface area contributed by atoms with Gasteiger partial charge in [-0.1, -0.05) is 0 Å². The van der Waals surface area contributed by atoms with Gasteiger partial charge in [-0.15, -0.1) is 0 Å². The Bertz CT molecular complexity index is 941. The van der Waals surface area contributed by atoms with Gasteiger partial charge in [-0.2, -0.15) is 0 Å². The molecule has 1 amide bonds. The molecule has 0 aromatic carbocycles. The number of nitrogens with two attached hydrogens (primary N) is 1. The predicted molar refractivity (Wildman–Crippen MR) is 94.2 cm³/mol. The maximum atomic E-state index is 12.8. The second-order valence-corrected chi connectivity index (χ2v) is 6.30. The molecule has 0 unspecified atom stereocenters. The van der Waals surface area contributed by atoms with Crippen molar-refractivity contribution in [2.24, 2.45) is 5.92 Å². The molecule has 1 fully saturated rings. The Morgan fingerprint density at radius 1 is 1.46 bits per heavy atom. The van der Waals surface area contributed by atoms with Crippen LogP contribution in [0.2, 0.25) is 0 Å². The van der Waals surface area contributed by atoms with Crippen molar-refractivity contribution in [2.45, 2.75) is 19.9 Å². The van der Waals surface area contributed by atoms with Crippen molar-refractivity contribution in [2.75, 3.05) is 25.4 Å². The van der Waals surface area contributed by atoms with Crippen LogP contribution in [0.1, 0.15) is 23.7 Å². The molecule has 136 valence electrons. The largest absolute Gasteiger partial charge is 0.379 e. The first-order valence-electron chi connectivity index (χ1n) is 8.60. The van der Waals surface area contributed by atoms with Gasteiger partial charge in [0, 0.05) is 19.3 Å². The summed E-state index contributed by atoms with van der Waals surface area (Å²) in [5.74, 6) is 0.951. The fraction of sp³-hybridized carbons (Fsp3) is 0.438. The Morgan fingerprint density at radius 3 is 3.04 bits per heavy atom. The second kappa shape index (κ2) is 6.71. The average molecular weight is 356 g/mol. The third kappa shape index (κ3) is 2.77. The number of aryl methyl sites for hydroxylation is 1. The van der Waals surface area contributed by atoms with Gasteiger partial charge in [0.05, 0.1) is 17.3 Å². The minimum Gasteiger partial charge on any atom is -0.379 e. The summed E-state index contributed by atoms with van der Waals surface area (Å²) in [6.45, 7) is 5.10. The lowest BCUT2D eigenvalue weighted by molar-refractivity contribution is 0.0949. The van der Waals surface area contributed by atoms with E-state index < -0.39 is 0 Å². The molecule has 0 spiro atoms. The molecule has 4 rings (SSSR count). The number of imidazole rings is 1. The van der Waals surface area contributed by atoms with Gasteiger partial charge < -0.3 is 20.9 Å². The quantitative estimate of drug-likeness (QED) is 0.598. The minimum absolute atomic E-state index is 0.155. The Morgan fingerprint density at radius 2 is 2.35 bits per heavy atom. The summed E-state index contributed by atoms with van der Waals surface area (Å²) in [7, 11) is 0. The fourth-order valence-corrected chi connectivity index (χ4v) is 3.31. The van der Waals surface area contributed by atoms with E-state index in [4.69, 9.17) is 5.73 Å². The number of fused-ring (bicyclic) bond motifs is 1. The molecule has 3 aromatic heterocycles. The summed E-state index contributed by atoms with van der Waals surface area (Å²) >= 11 is 0. The Labute approximate surface area is 149 Å². The van der Waals surface area contributed by atoms with E-state index in [-0.39, 0.29) is 11.7 Å². The topological polar surface area (TPSA) is 137 Å². The normalized spacial score (nSPS) is 17.0. The number of amides is 1. The molecule has 4 heterocycles. The van der Waals surface area contributed by atoms with Crippen molar-refractivity contribution in [1.82, 2.24) is 35.5 Å². The van der Waals surface area contributed by atoms with Crippen LogP contribution in [0.25, 0.3) is 22.6 Å². The molecule has 1 atom stereocenters. The van der Waals surface area contributed by atoms with Crippen LogP contribution in [-0.2, 0) is 6.54 Å². The number of carbonyl (C=O) groups excluding carboxylic acids is 1. The van der Waals surface area contributed by atoms with Gasteiger partial charge in [0.2, 0.25) is 0 Å². The van der Waals surface area contributed by atoms with E-state index in [1.165, 1.54) is 0 Å². The van der Waals surface area contributed by atoms with Gasteiger partial charge in [-0.3, -0.25) is 9.78 Å². The lowest BCUT2D eigenvalue weighted by atomic mass is 10.1. The van der Waals surface area contributed by atoms with Gasteiger partial charge >= 0.3 is 0 Å². The van der Waals surface area contributed by atoms with E-state index >= 15 is 0 Å². The summed E-state index contributed by atoms with van der Waals surface area (Å²) in [6, 6.07) is 0. The summed E-state index contributed by atoms with van der Waals surface area (Å²) < 4.78 is 6.56. The van der Waals surface area contributed by atoms with Crippen LogP contribution in [-0.4, -0.2) is 50.4 Å². The molecule has 10 nitrogen and oxygen atoms in total. The zero-order valence-electron chi connectivity index (χ0n) is 14.4. The number of nitrogens with one attached hydrogen (secondary N) is 2. The highest BCUT2D eigenvalue weighted by atomic mass is 16.6. The molecule has 0 bridgehead atoms. The molecular weight excluding hydrogens is 336 g/mol. The van der Waals surface area contributed by atoms with Gasteiger partial charge in [0.25, 0.3) is 5.91 Å². The number of carbonyl (C=O) groups is 1. The lowest BCUT2D eigenvalue weighted by Gasteiger charge is -2.11. The molecule has 0 saturated carbocycles. The zero-order valence-corrected chi connectivity index (χ0v) is 14.4. The van der Waals surface area contributed by atoms with Crippen LogP contribution >= 0.6 is 0 Å². The molecule has 1 aliphatic rings. The van der Waals surface area contributed by atoms with Crippen LogP contribution in [0, 0.1) is 5.92 Å². The molecule has 0 aliphatic carbocycles. The van der Waals surface area contributed by atoms with Crippen molar-refractivity contribution >= 4 is 22.8 Å². The number of nitrogens with zero attached hydrogens (tertiary/aromatic N) is 5. The molecule has 1 aliphatic heterocycles. The molecule has 26 heavy (non-hydrogen) atoms. The number of hydrogen-bond acceptors (Lipinski definition) is 8. The van der Waals surface area contributed by atoms with E-state index in [0.717, 1.165) is 19.5 Å². The van der Waals surface area contributed by atoms with Crippen LogP contribution < -0.4 is 16.4 Å². The van der Waals surface area contributed by atoms with E-state index in [2.05, 4.69) is 35.5 Å². The van der Waals surface area contributed by atoms with Gasteiger partial charge in [-0.25, -0.2) is 9.61 Å². The molecule has 1 saturated heterocycles. The van der Waals surface area contributed by atoms with E-state index in [1.807, 2.05) is 11.5 Å². The number of pyridine rings is 1. The molecular formula is C16H20N8O2. The first kappa shape index (κ1) is 16.5. The zero-order chi connectivity index (χ0) is 18.1. The Balaban J connectivity index is 1.72. The standard InChI is InChI=1S/C16H20N8O2/c1-2-24-13-10(16(25)20-6-9-3-4-18-5-9)7-19-8-11(13)21-15(24)12-14(17)23-26-22-12/h7-9,18H,2-6H2,1H3,(H2,17,23)(H,20,25)/t9-/m1/s1. The smallest absolute Gasteiger partial charge is 0.255 e. The molecule has 4 N–H and O–H groups in total.